The van der Waals surface area contributed by atoms with Gasteiger partial charge in [-0.1, -0.05) is 0 Å². The summed E-state index contributed by atoms with van der Waals surface area (Å²) >= 11 is 0. The van der Waals surface area contributed by atoms with Gasteiger partial charge in [0, 0.05) is 12.1 Å². The van der Waals surface area contributed by atoms with E-state index < -0.39 is 23.4 Å². The molecule has 1 aromatic rings. The molecule has 3 N–H and O–H groups in total. The number of hydrogen-bond acceptors (Lipinski definition) is 4. The number of alkyl halides is 3. The number of aromatic hydroxyl groups is 1. The van der Waals surface area contributed by atoms with E-state index in [9.17, 15) is 23.1 Å². The van der Waals surface area contributed by atoms with Crippen LogP contribution in [-0.4, -0.2) is 24.2 Å². The second-order valence-corrected chi connectivity index (χ2v) is 3.34. The quantitative estimate of drug-likeness (QED) is 0.644. The fourth-order valence-electron chi connectivity index (χ4n) is 1.15. The minimum absolute atomic E-state index is 0.224. The molecule has 4 nitrogen and oxygen atoms in total. The number of benzene rings is 1. The van der Waals surface area contributed by atoms with Gasteiger partial charge in [0.15, 0.2) is 5.78 Å². The molecule has 1 aromatic carbocycles. The van der Waals surface area contributed by atoms with Crippen LogP contribution in [-0.2, 0) is 0 Å². The van der Waals surface area contributed by atoms with E-state index in [2.05, 4.69) is 0 Å². The summed E-state index contributed by atoms with van der Waals surface area (Å²) in [6, 6.07) is 3.60. The molecule has 98 valence electrons. The molecule has 0 saturated carbocycles. The van der Waals surface area contributed by atoms with Crippen LogP contribution in [0.25, 0.3) is 0 Å². The molecule has 0 heterocycles. The third-order valence-electron chi connectivity index (χ3n) is 2.08. The maximum atomic E-state index is 12.1. The fourth-order valence-corrected chi connectivity index (χ4v) is 1.15. The number of ketones is 1. The summed E-state index contributed by atoms with van der Waals surface area (Å²) in [5, 5.41) is 9.46. The lowest BCUT2D eigenvalue weighted by molar-refractivity contribution is -0.0927. The van der Waals surface area contributed by atoms with Gasteiger partial charge in [-0.05, 0) is 12.1 Å². The lowest BCUT2D eigenvalue weighted by Crippen LogP contribution is -2.20. The molecule has 0 aliphatic heterocycles. The minimum Gasteiger partial charge on any atom is -0.507 e. The second kappa shape index (κ2) is 4.99. The summed E-state index contributed by atoms with van der Waals surface area (Å²) in [6.07, 6.45) is -4.56. The van der Waals surface area contributed by atoms with E-state index in [1.807, 2.05) is 0 Å². The van der Waals surface area contributed by atoms with Crippen molar-refractivity contribution in [1.82, 2.24) is 0 Å². The van der Waals surface area contributed by atoms with Crippen LogP contribution in [0.15, 0.2) is 30.0 Å². The summed E-state index contributed by atoms with van der Waals surface area (Å²) in [5.74, 6) is -1.24. The highest BCUT2D eigenvalue weighted by Gasteiger charge is 2.32. The number of carbonyl (C=O) groups excluding carboxylic acids is 1. The first kappa shape index (κ1) is 13.9. The third-order valence-corrected chi connectivity index (χ3v) is 2.08. The van der Waals surface area contributed by atoms with Crippen molar-refractivity contribution in [2.75, 3.05) is 7.11 Å². The van der Waals surface area contributed by atoms with Crippen LogP contribution in [0.1, 0.15) is 10.4 Å². The average molecular weight is 261 g/mol. The lowest BCUT2D eigenvalue weighted by Gasteiger charge is -2.07. The highest BCUT2D eigenvalue weighted by molar-refractivity contribution is 6.06. The van der Waals surface area contributed by atoms with Crippen LogP contribution in [0.3, 0.4) is 0 Å². The molecule has 0 aliphatic carbocycles. The Balaban J connectivity index is 3.06. The molecular formula is C11H10F3NO3. The van der Waals surface area contributed by atoms with Gasteiger partial charge < -0.3 is 15.6 Å². The predicted octanol–water partition coefficient (Wildman–Crippen LogP) is 1.99. The van der Waals surface area contributed by atoms with E-state index in [4.69, 9.17) is 10.5 Å². The Morgan fingerprint density at radius 2 is 2.06 bits per heavy atom. The average Bonchev–Trinajstić information content (AvgIpc) is 2.27. The van der Waals surface area contributed by atoms with Crippen LogP contribution >= 0.6 is 0 Å². The van der Waals surface area contributed by atoms with Gasteiger partial charge in [-0.3, -0.25) is 4.79 Å². The first-order valence-corrected chi connectivity index (χ1v) is 4.71. The van der Waals surface area contributed by atoms with Crippen molar-refractivity contribution in [2.45, 2.75) is 6.18 Å². The molecule has 0 atom stereocenters. The molecule has 0 bridgehead atoms. The Labute approximate surface area is 100 Å². The standard InChI is InChI=1S/C11H10F3NO3/c1-18-6-2-3-7(8(16)4-6)9(17)5-10(15)11(12,13)14/h2-5,16H,15H2,1H3. The van der Waals surface area contributed by atoms with E-state index in [0.29, 0.717) is 0 Å². The van der Waals surface area contributed by atoms with Crippen molar-refractivity contribution in [3.05, 3.63) is 35.5 Å². The van der Waals surface area contributed by atoms with Gasteiger partial charge in [0.1, 0.15) is 17.2 Å². The van der Waals surface area contributed by atoms with Crippen LogP contribution in [0.5, 0.6) is 11.5 Å². The number of carbonyl (C=O) groups is 1. The number of nitrogens with two attached hydrogens (primary N) is 1. The topological polar surface area (TPSA) is 72.5 Å². The van der Waals surface area contributed by atoms with Crippen molar-refractivity contribution >= 4 is 5.78 Å². The molecule has 1 rings (SSSR count). The van der Waals surface area contributed by atoms with Crippen molar-refractivity contribution in [2.24, 2.45) is 5.73 Å². The van der Waals surface area contributed by atoms with Gasteiger partial charge in [-0.2, -0.15) is 13.2 Å². The Morgan fingerprint density at radius 1 is 1.44 bits per heavy atom. The molecule has 0 saturated heterocycles. The minimum atomic E-state index is -4.78. The summed E-state index contributed by atoms with van der Waals surface area (Å²) in [5.41, 5.74) is 2.89. The number of phenolic OH excluding ortho intramolecular Hbond substituents is 1. The Kier molecular flexibility index (Phi) is 3.85. The molecule has 0 aromatic heterocycles. The Hall–Kier alpha value is -2.18. The SMILES string of the molecule is COc1ccc(C(=O)C=C(N)C(F)(F)F)c(O)c1. The number of ether oxygens (including phenoxy) is 1. The molecule has 0 fully saturated rings. The van der Waals surface area contributed by atoms with E-state index in [1.165, 1.54) is 13.2 Å². The summed E-state index contributed by atoms with van der Waals surface area (Å²) in [6.45, 7) is 0. The summed E-state index contributed by atoms with van der Waals surface area (Å²) in [7, 11) is 1.35. The smallest absolute Gasteiger partial charge is 0.430 e. The van der Waals surface area contributed by atoms with E-state index in [-0.39, 0.29) is 17.4 Å². The molecule has 18 heavy (non-hydrogen) atoms. The van der Waals surface area contributed by atoms with E-state index in [1.54, 1.807) is 0 Å². The molecule has 0 unspecified atom stereocenters. The highest BCUT2D eigenvalue weighted by Crippen LogP contribution is 2.26. The van der Waals surface area contributed by atoms with Gasteiger partial charge >= 0.3 is 6.18 Å². The molecule has 0 amide bonds. The third kappa shape index (κ3) is 3.16. The zero-order valence-electron chi connectivity index (χ0n) is 9.28. The zero-order chi connectivity index (χ0) is 13.9. The van der Waals surface area contributed by atoms with Crippen LogP contribution in [0.4, 0.5) is 13.2 Å². The van der Waals surface area contributed by atoms with Crippen LogP contribution < -0.4 is 10.5 Å². The van der Waals surface area contributed by atoms with Crippen molar-refractivity contribution < 1.29 is 27.8 Å². The largest absolute Gasteiger partial charge is 0.507 e. The first-order chi connectivity index (χ1) is 8.25. The van der Waals surface area contributed by atoms with E-state index >= 15 is 0 Å². The normalized spacial score (nSPS) is 12.3. The van der Waals surface area contributed by atoms with Gasteiger partial charge in [-0.15, -0.1) is 0 Å². The van der Waals surface area contributed by atoms with Crippen molar-refractivity contribution in [3.8, 4) is 11.5 Å². The van der Waals surface area contributed by atoms with Crippen LogP contribution in [0.2, 0.25) is 0 Å². The summed E-state index contributed by atoms with van der Waals surface area (Å²) < 4.78 is 41.1. The van der Waals surface area contributed by atoms with Crippen molar-refractivity contribution in [1.29, 1.82) is 0 Å². The monoisotopic (exact) mass is 261 g/mol. The molecule has 0 spiro atoms. The van der Waals surface area contributed by atoms with E-state index in [0.717, 1.165) is 12.1 Å². The second-order valence-electron chi connectivity index (χ2n) is 3.34. The predicted molar refractivity (Wildman–Crippen MR) is 57.3 cm³/mol. The number of rotatable bonds is 3. The maximum Gasteiger partial charge on any atom is 0.430 e. The number of allylic oxidation sites excluding steroid dienone is 2. The molecule has 0 aliphatic rings. The number of hydrogen-bond donors (Lipinski definition) is 2. The Morgan fingerprint density at radius 3 is 2.50 bits per heavy atom. The lowest BCUT2D eigenvalue weighted by atomic mass is 10.1. The molecular weight excluding hydrogens is 251 g/mol. The maximum absolute atomic E-state index is 12.1. The molecule has 7 heteroatoms. The number of halogens is 3. The number of phenols is 1. The first-order valence-electron chi connectivity index (χ1n) is 4.71. The Bertz CT molecular complexity index is 495. The van der Waals surface area contributed by atoms with Gasteiger partial charge in [0.2, 0.25) is 0 Å². The zero-order valence-corrected chi connectivity index (χ0v) is 9.28. The van der Waals surface area contributed by atoms with Crippen molar-refractivity contribution in [3.63, 3.8) is 0 Å². The number of methoxy groups -OCH3 is 1. The summed E-state index contributed by atoms with van der Waals surface area (Å²) in [4.78, 5) is 11.5. The highest BCUT2D eigenvalue weighted by atomic mass is 19.4. The van der Waals surface area contributed by atoms with Crippen LogP contribution in [0, 0.1) is 0 Å². The van der Waals surface area contributed by atoms with Gasteiger partial charge in [-0.25, -0.2) is 0 Å². The fraction of sp³-hybridized carbons (Fsp3) is 0.182. The van der Waals surface area contributed by atoms with Gasteiger partial charge in [0.05, 0.1) is 12.7 Å². The molecule has 0 radical (unpaired) electrons. The van der Waals surface area contributed by atoms with Gasteiger partial charge in [0.25, 0.3) is 0 Å².